The zero-order chi connectivity index (χ0) is 17.0. The molecule has 1 heterocycles. The van der Waals surface area contributed by atoms with Gasteiger partial charge in [-0.25, -0.2) is 13.1 Å². The average Bonchev–Trinajstić information content (AvgIpc) is 2.60. The molecular formula is C18H19NO4S. The van der Waals surface area contributed by atoms with Crippen LogP contribution in [0.25, 0.3) is 6.08 Å². The second-order valence-electron chi connectivity index (χ2n) is 5.50. The van der Waals surface area contributed by atoms with E-state index in [-0.39, 0.29) is 6.04 Å². The Morgan fingerprint density at radius 2 is 1.75 bits per heavy atom. The number of ether oxygens (including phenoxy) is 2. The van der Waals surface area contributed by atoms with Crippen molar-refractivity contribution in [3.05, 3.63) is 65.1 Å². The number of benzene rings is 2. The fraction of sp³-hybridized carbons (Fsp3) is 0.222. The predicted molar refractivity (Wildman–Crippen MR) is 93.4 cm³/mol. The minimum Gasteiger partial charge on any atom is -0.486 e. The van der Waals surface area contributed by atoms with Crippen LogP contribution in [0.4, 0.5) is 0 Å². The van der Waals surface area contributed by atoms with Crippen LogP contribution in [-0.4, -0.2) is 21.6 Å². The molecule has 0 bridgehead atoms. The molecule has 0 saturated carbocycles. The van der Waals surface area contributed by atoms with Gasteiger partial charge in [0.25, 0.3) is 0 Å². The van der Waals surface area contributed by atoms with Crippen LogP contribution in [0.2, 0.25) is 0 Å². The Kier molecular flexibility index (Phi) is 4.87. The van der Waals surface area contributed by atoms with Crippen LogP contribution in [0, 0.1) is 0 Å². The number of fused-ring (bicyclic) bond motifs is 1. The van der Waals surface area contributed by atoms with Crippen molar-refractivity contribution in [3.63, 3.8) is 0 Å². The third kappa shape index (κ3) is 4.15. The Morgan fingerprint density at radius 3 is 2.50 bits per heavy atom. The molecule has 0 fully saturated rings. The van der Waals surface area contributed by atoms with Gasteiger partial charge in [0, 0.05) is 11.4 Å². The maximum Gasteiger partial charge on any atom is 0.234 e. The van der Waals surface area contributed by atoms with Gasteiger partial charge in [0.1, 0.15) is 13.2 Å². The Balaban J connectivity index is 1.71. The van der Waals surface area contributed by atoms with E-state index >= 15 is 0 Å². The van der Waals surface area contributed by atoms with E-state index in [0.717, 1.165) is 11.1 Å². The first-order valence-electron chi connectivity index (χ1n) is 7.68. The fourth-order valence-electron chi connectivity index (χ4n) is 2.42. The molecule has 0 spiro atoms. The van der Waals surface area contributed by atoms with E-state index in [4.69, 9.17) is 9.47 Å². The zero-order valence-corrected chi connectivity index (χ0v) is 14.1. The Hall–Kier alpha value is -2.31. The molecule has 0 unspecified atom stereocenters. The summed E-state index contributed by atoms with van der Waals surface area (Å²) in [5.41, 5.74) is 1.64. The van der Waals surface area contributed by atoms with Gasteiger partial charge in [0.2, 0.25) is 10.0 Å². The SMILES string of the molecule is C[C@@H](NS(=O)(=O)/C=C/c1ccccc1)c1ccc2c(c1)OCCO2. The molecule has 0 radical (unpaired) electrons. The summed E-state index contributed by atoms with van der Waals surface area (Å²) in [5, 5.41) is 1.18. The van der Waals surface area contributed by atoms with E-state index < -0.39 is 10.0 Å². The van der Waals surface area contributed by atoms with Gasteiger partial charge in [0.05, 0.1) is 0 Å². The molecular weight excluding hydrogens is 326 g/mol. The van der Waals surface area contributed by atoms with E-state index in [1.54, 1.807) is 19.1 Å². The van der Waals surface area contributed by atoms with Crippen LogP contribution in [-0.2, 0) is 10.0 Å². The number of hydrogen-bond donors (Lipinski definition) is 1. The van der Waals surface area contributed by atoms with Crippen molar-refractivity contribution < 1.29 is 17.9 Å². The van der Waals surface area contributed by atoms with Crippen LogP contribution in [0.3, 0.4) is 0 Å². The molecule has 3 rings (SSSR count). The number of nitrogens with one attached hydrogen (secondary N) is 1. The molecule has 1 aliphatic heterocycles. The average molecular weight is 345 g/mol. The van der Waals surface area contributed by atoms with Gasteiger partial charge in [-0.3, -0.25) is 0 Å². The number of rotatable bonds is 5. The Morgan fingerprint density at radius 1 is 1.04 bits per heavy atom. The van der Waals surface area contributed by atoms with Crippen LogP contribution in [0.5, 0.6) is 11.5 Å². The molecule has 1 N–H and O–H groups in total. The van der Waals surface area contributed by atoms with Crippen molar-refractivity contribution in [2.24, 2.45) is 0 Å². The highest BCUT2D eigenvalue weighted by atomic mass is 32.2. The van der Waals surface area contributed by atoms with Crippen LogP contribution in [0.1, 0.15) is 24.1 Å². The van der Waals surface area contributed by atoms with Crippen molar-refractivity contribution in [2.75, 3.05) is 13.2 Å². The van der Waals surface area contributed by atoms with Crippen LogP contribution < -0.4 is 14.2 Å². The molecule has 1 aliphatic rings. The maximum absolute atomic E-state index is 12.2. The first kappa shape index (κ1) is 16.5. The van der Waals surface area contributed by atoms with Crippen molar-refractivity contribution in [1.82, 2.24) is 4.72 Å². The lowest BCUT2D eigenvalue weighted by molar-refractivity contribution is 0.171. The monoisotopic (exact) mass is 345 g/mol. The highest BCUT2D eigenvalue weighted by molar-refractivity contribution is 7.92. The fourth-order valence-corrected chi connectivity index (χ4v) is 3.46. The second-order valence-corrected chi connectivity index (χ2v) is 7.10. The van der Waals surface area contributed by atoms with E-state index in [1.165, 1.54) is 5.41 Å². The van der Waals surface area contributed by atoms with Gasteiger partial charge in [0.15, 0.2) is 11.5 Å². The van der Waals surface area contributed by atoms with Crippen LogP contribution in [0.15, 0.2) is 53.9 Å². The quantitative estimate of drug-likeness (QED) is 0.904. The lowest BCUT2D eigenvalue weighted by Gasteiger charge is -2.20. The summed E-state index contributed by atoms with van der Waals surface area (Å²) in [7, 11) is -3.55. The van der Waals surface area contributed by atoms with E-state index in [2.05, 4.69) is 4.72 Å². The van der Waals surface area contributed by atoms with Gasteiger partial charge < -0.3 is 9.47 Å². The van der Waals surface area contributed by atoms with E-state index in [1.807, 2.05) is 42.5 Å². The summed E-state index contributed by atoms with van der Waals surface area (Å²) in [4.78, 5) is 0. The molecule has 24 heavy (non-hydrogen) atoms. The van der Waals surface area contributed by atoms with Gasteiger partial charge >= 0.3 is 0 Å². The second kappa shape index (κ2) is 7.07. The topological polar surface area (TPSA) is 64.6 Å². The van der Waals surface area contributed by atoms with Gasteiger partial charge in [-0.05, 0) is 36.3 Å². The van der Waals surface area contributed by atoms with Gasteiger partial charge in [-0.2, -0.15) is 0 Å². The van der Waals surface area contributed by atoms with Crippen LogP contribution >= 0.6 is 0 Å². The first-order valence-corrected chi connectivity index (χ1v) is 9.23. The number of sulfonamides is 1. The summed E-state index contributed by atoms with van der Waals surface area (Å²) >= 11 is 0. The van der Waals surface area contributed by atoms with Gasteiger partial charge in [-0.1, -0.05) is 36.4 Å². The maximum atomic E-state index is 12.2. The molecule has 0 aliphatic carbocycles. The Labute approximate surface area is 142 Å². The van der Waals surface area contributed by atoms with Crippen molar-refractivity contribution in [2.45, 2.75) is 13.0 Å². The third-order valence-electron chi connectivity index (χ3n) is 3.65. The van der Waals surface area contributed by atoms with Crippen molar-refractivity contribution >= 4 is 16.1 Å². The largest absolute Gasteiger partial charge is 0.486 e. The number of hydrogen-bond acceptors (Lipinski definition) is 4. The molecule has 0 saturated heterocycles. The minimum absolute atomic E-state index is 0.383. The highest BCUT2D eigenvalue weighted by Crippen LogP contribution is 2.32. The standard InChI is InChI=1S/C18H19NO4S/c1-14(16-7-8-17-18(13-16)23-11-10-22-17)19-24(20,21)12-9-15-5-3-2-4-6-15/h2-9,12-14,19H,10-11H2,1H3/b12-9+/t14-/m1/s1. The molecule has 2 aromatic carbocycles. The highest BCUT2D eigenvalue weighted by Gasteiger charge is 2.17. The summed E-state index contributed by atoms with van der Waals surface area (Å²) in [6.45, 7) is 2.81. The molecule has 2 aromatic rings. The molecule has 1 atom stereocenters. The van der Waals surface area contributed by atoms with E-state index in [0.29, 0.717) is 24.7 Å². The summed E-state index contributed by atoms with van der Waals surface area (Å²) in [6.07, 6.45) is 1.57. The normalized spacial score (nSPS) is 15.4. The van der Waals surface area contributed by atoms with Crippen molar-refractivity contribution in [3.8, 4) is 11.5 Å². The molecule has 0 aromatic heterocycles. The van der Waals surface area contributed by atoms with Gasteiger partial charge in [-0.15, -0.1) is 0 Å². The Bertz CT molecular complexity index is 831. The smallest absolute Gasteiger partial charge is 0.234 e. The van der Waals surface area contributed by atoms with E-state index in [9.17, 15) is 8.42 Å². The molecule has 6 heteroatoms. The van der Waals surface area contributed by atoms with Crippen molar-refractivity contribution in [1.29, 1.82) is 0 Å². The lowest BCUT2D eigenvalue weighted by Crippen LogP contribution is -2.25. The predicted octanol–water partition coefficient (Wildman–Crippen LogP) is 3.11. The lowest BCUT2D eigenvalue weighted by atomic mass is 10.1. The molecule has 0 amide bonds. The summed E-state index contributed by atoms with van der Waals surface area (Å²) in [6, 6.07) is 14.3. The molecule has 126 valence electrons. The summed E-state index contributed by atoms with van der Waals surface area (Å²) in [5.74, 6) is 1.33. The molecule has 5 nitrogen and oxygen atoms in total. The minimum atomic E-state index is -3.55. The summed E-state index contributed by atoms with van der Waals surface area (Å²) < 4.78 is 38.1. The third-order valence-corrected chi connectivity index (χ3v) is 4.82. The zero-order valence-electron chi connectivity index (χ0n) is 13.3. The first-order chi connectivity index (χ1) is 11.5.